The summed E-state index contributed by atoms with van der Waals surface area (Å²) in [7, 11) is 0. The van der Waals surface area contributed by atoms with Crippen LogP contribution in [0.5, 0.6) is 0 Å². The quantitative estimate of drug-likeness (QED) is 0.768. The molecule has 11 heteroatoms. The molecule has 1 saturated carbocycles. The number of carbonyl (C=O) groups excluding carboxylic acids is 2. The number of pyridine rings is 1. The van der Waals surface area contributed by atoms with Crippen molar-refractivity contribution in [2.75, 3.05) is 32.8 Å². The first-order valence-electron chi connectivity index (χ1n) is 10.1. The Hall–Kier alpha value is -3.03. The van der Waals surface area contributed by atoms with Crippen molar-refractivity contribution in [2.45, 2.75) is 31.0 Å². The van der Waals surface area contributed by atoms with Crippen LogP contribution in [-0.2, 0) is 17.3 Å². The molecule has 4 fully saturated rings. The molecule has 1 aromatic heterocycles. The zero-order valence-corrected chi connectivity index (χ0v) is 16.5. The summed E-state index contributed by atoms with van der Waals surface area (Å²) < 4.78 is 43.6. The number of alkyl carbamates (subject to hydrolysis) is 1. The molecule has 4 aliphatic rings. The van der Waals surface area contributed by atoms with Gasteiger partial charge in [-0.3, -0.25) is 4.98 Å². The molecular weight excluding hydrogens is 415 g/mol. The zero-order chi connectivity index (χ0) is 22.0. The second-order valence-electron chi connectivity index (χ2n) is 9.30. The van der Waals surface area contributed by atoms with Crippen molar-refractivity contribution >= 4 is 12.1 Å². The third-order valence-electron chi connectivity index (χ3n) is 6.73. The Morgan fingerprint density at radius 3 is 2.55 bits per heavy atom. The summed E-state index contributed by atoms with van der Waals surface area (Å²) in [6.07, 6.45) is -1.51. The molecule has 1 N–H and O–H groups in total. The Labute approximate surface area is 175 Å². The third kappa shape index (κ3) is 3.34. The number of hydrogen-bond donors (Lipinski definition) is 1. The summed E-state index contributed by atoms with van der Waals surface area (Å²) in [4.78, 5) is 30.8. The second kappa shape index (κ2) is 6.48. The van der Waals surface area contributed by atoms with E-state index in [9.17, 15) is 22.8 Å². The molecule has 31 heavy (non-hydrogen) atoms. The van der Waals surface area contributed by atoms with Crippen molar-refractivity contribution in [1.29, 1.82) is 5.26 Å². The van der Waals surface area contributed by atoms with Gasteiger partial charge in [-0.1, -0.05) is 0 Å². The molecule has 8 nitrogen and oxygen atoms in total. The highest BCUT2D eigenvalue weighted by molar-refractivity contribution is 5.78. The summed E-state index contributed by atoms with van der Waals surface area (Å²) in [6, 6.07) is 2.83. The lowest BCUT2D eigenvalue weighted by Crippen LogP contribution is -2.74. The number of likely N-dealkylation sites (tertiary alicyclic amines) is 2. The van der Waals surface area contributed by atoms with Crippen LogP contribution in [0.15, 0.2) is 12.3 Å². The number of carbonyl (C=O) groups is 2. The van der Waals surface area contributed by atoms with Crippen molar-refractivity contribution in [3.63, 3.8) is 0 Å². The van der Waals surface area contributed by atoms with Gasteiger partial charge in [0.05, 0.1) is 18.7 Å². The van der Waals surface area contributed by atoms with E-state index in [0.717, 1.165) is 12.8 Å². The number of halogens is 3. The minimum Gasteiger partial charge on any atom is -0.447 e. The topological polar surface area (TPSA) is 98.6 Å². The van der Waals surface area contributed by atoms with Gasteiger partial charge in [0, 0.05) is 24.7 Å². The maximum Gasteiger partial charge on any atom is 0.434 e. The highest BCUT2D eigenvalue weighted by Crippen LogP contribution is 2.53. The largest absolute Gasteiger partial charge is 0.447 e. The number of alkyl halides is 3. The van der Waals surface area contributed by atoms with E-state index in [1.165, 1.54) is 12.3 Å². The normalized spacial score (nSPS) is 23.5. The molecule has 0 atom stereocenters. The molecule has 5 rings (SSSR count). The molecule has 0 aromatic carbocycles. The van der Waals surface area contributed by atoms with E-state index in [1.807, 2.05) is 0 Å². The van der Waals surface area contributed by atoms with Crippen LogP contribution in [0.3, 0.4) is 0 Å². The standard InChI is InChI=1S/C20H20F3N5O3/c21-20(22,23)15-14(5-24)2-12(6-25-15)1-13-3-18(4-13)7-27(8-18)17(30)28-9-19(10-28)11-31-16(29)26-19/h2,6,13H,1,3-4,7-11H2,(H,26,29). The first-order chi connectivity index (χ1) is 14.6. The van der Waals surface area contributed by atoms with Crippen molar-refractivity contribution in [3.8, 4) is 6.07 Å². The van der Waals surface area contributed by atoms with Gasteiger partial charge in [-0.05, 0) is 36.8 Å². The van der Waals surface area contributed by atoms with Gasteiger partial charge in [-0.15, -0.1) is 0 Å². The predicted octanol–water partition coefficient (Wildman–Crippen LogP) is 2.14. The first-order valence-corrected chi connectivity index (χ1v) is 10.1. The van der Waals surface area contributed by atoms with Gasteiger partial charge in [0.2, 0.25) is 0 Å². The summed E-state index contributed by atoms with van der Waals surface area (Å²) in [5.41, 5.74) is -1.31. The lowest BCUT2D eigenvalue weighted by Gasteiger charge is -2.61. The molecule has 3 aliphatic heterocycles. The van der Waals surface area contributed by atoms with E-state index in [2.05, 4.69) is 10.3 Å². The number of cyclic esters (lactones) is 1. The molecule has 0 bridgehead atoms. The number of nitrogens with one attached hydrogen (secondary N) is 1. The van der Waals surface area contributed by atoms with Gasteiger partial charge in [0.25, 0.3) is 0 Å². The zero-order valence-electron chi connectivity index (χ0n) is 16.5. The number of rotatable bonds is 2. The van der Waals surface area contributed by atoms with Gasteiger partial charge in [0.15, 0.2) is 5.69 Å². The Morgan fingerprint density at radius 1 is 1.29 bits per heavy atom. The Balaban J connectivity index is 1.10. The number of aromatic nitrogens is 1. The fraction of sp³-hybridized carbons (Fsp3) is 0.600. The van der Waals surface area contributed by atoms with Gasteiger partial charge in [0.1, 0.15) is 18.2 Å². The summed E-state index contributed by atoms with van der Waals surface area (Å²) in [5, 5.41) is 11.8. The average Bonchev–Trinajstić information content (AvgIpc) is 3.02. The summed E-state index contributed by atoms with van der Waals surface area (Å²) >= 11 is 0. The smallest absolute Gasteiger partial charge is 0.434 e. The number of urea groups is 1. The Morgan fingerprint density at radius 2 is 1.97 bits per heavy atom. The first kappa shape index (κ1) is 19.9. The molecule has 0 unspecified atom stereocenters. The fourth-order valence-electron chi connectivity index (χ4n) is 5.41. The van der Waals surface area contributed by atoms with Crippen LogP contribution in [0.1, 0.15) is 29.7 Å². The molecule has 4 heterocycles. The molecule has 0 radical (unpaired) electrons. The number of amides is 3. The summed E-state index contributed by atoms with van der Waals surface area (Å²) in [5.74, 6) is 0.306. The van der Waals surface area contributed by atoms with Crippen molar-refractivity contribution in [1.82, 2.24) is 20.1 Å². The molecule has 3 saturated heterocycles. The SMILES string of the molecule is N#Cc1cc(CC2CC3(C2)CN(C(=O)N2CC4(COC(=O)N4)C2)C3)cnc1C(F)(F)F. The number of hydrogen-bond acceptors (Lipinski definition) is 5. The lowest BCUT2D eigenvalue weighted by molar-refractivity contribution is -0.141. The van der Waals surface area contributed by atoms with Crippen LogP contribution in [0.4, 0.5) is 22.8 Å². The average molecular weight is 435 g/mol. The van der Waals surface area contributed by atoms with E-state index in [-0.39, 0.29) is 18.1 Å². The second-order valence-corrected chi connectivity index (χ2v) is 9.30. The van der Waals surface area contributed by atoms with E-state index >= 15 is 0 Å². The van der Waals surface area contributed by atoms with Gasteiger partial charge >= 0.3 is 18.3 Å². The fourth-order valence-corrected chi connectivity index (χ4v) is 5.41. The molecule has 1 aliphatic carbocycles. The number of nitrogens with zero attached hydrogens (tertiary/aromatic N) is 4. The monoisotopic (exact) mass is 435 g/mol. The number of ether oxygens (including phenoxy) is 1. The van der Waals surface area contributed by atoms with E-state index in [4.69, 9.17) is 10.00 Å². The van der Waals surface area contributed by atoms with Crippen LogP contribution in [-0.4, -0.2) is 65.2 Å². The van der Waals surface area contributed by atoms with E-state index in [0.29, 0.717) is 44.1 Å². The van der Waals surface area contributed by atoms with Crippen LogP contribution in [0, 0.1) is 22.7 Å². The van der Waals surface area contributed by atoms with Gasteiger partial charge in [-0.2, -0.15) is 18.4 Å². The maximum atomic E-state index is 12.9. The molecule has 164 valence electrons. The van der Waals surface area contributed by atoms with Gasteiger partial charge in [-0.25, -0.2) is 9.59 Å². The Kier molecular flexibility index (Phi) is 4.16. The minimum absolute atomic E-state index is 0.0357. The number of nitriles is 1. The molecule has 2 spiro atoms. The molecular formula is C20H20F3N5O3. The predicted molar refractivity (Wildman–Crippen MR) is 98.6 cm³/mol. The van der Waals surface area contributed by atoms with E-state index < -0.39 is 29.1 Å². The van der Waals surface area contributed by atoms with Crippen LogP contribution >= 0.6 is 0 Å². The van der Waals surface area contributed by atoms with Crippen LogP contribution in [0.2, 0.25) is 0 Å². The molecule has 1 aromatic rings. The van der Waals surface area contributed by atoms with Crippen LogP contribution in [0.25, 0.3) is 0 Å². The maximum absolute atomic E-state index is 12.9. The van der Waals surface area contributed by atoms with Gasteiger partial charge < -0.3 is 19.9 Å². The molecule has 3 amide bonds. The van der Waals surface area contributed by atoms with Crippen molar-refractivity contribution < 1.29 is 27.5 Å². The highest BCUT2D eigenvalue weighted by atomic mass is 19.4. The minimum atomic E-state index is -4.64. The van der Waals surface area contributed by atoms with Crippen molar-refractivity contribution in [2.24, 2.45) is 11.3 Å². The lowest BCUT2D eigenvalue weighted by atomic mass is 9.56. The Bertz CT molecular complexity index is 985. The highest BCUT2D eigenvalue weighted by Gasteiger charge is 2.57. The van der Waals surface area contributed by atoms with Crippen LogP contribution < -0.4 is 5.32 Å². The third-order valence-corrected chi connectivity index (χ3v) is 6.73. The summed E-state index contributed by atoms with van der Waals surface area (Å²) in [6.45, 7) is 2.53. The van der Waals surface area contributed by atoms with Crippen molar-refractivity contribution in [3.05, 3.63) is 29.1 Å². The van der Waals surface area contributed by atoms with E-state index in [1.54, 1.807) is 15.9 Å².